The maximum absolute atomic E-state index is 12.6. The van der Waals surface area contributed by atoms with E-state index in [1.54, 1.807) is 31.4 Å². The summed E-state index contributed by atoms with van der Waals surface area (Å²) < 4.78 is 31.0. The van der Waals surface area contributed by atoms with Crippen LogP contribution in [0.15, 0.2) is 42.5 Å². The molecule has 32 heavy (non-hydrogen) atoms. The standard InChI is InChI=1S/C25H34N2O4S/c1-4-24(21-12-11-19-8-5-6-9-20(19)18-21)26-25(28)10-7-17-27(32(3,29)30)22-13-15-23(31-2)16-14-22/h11-16,18,24H,4-10,17H2,1-3H3,(H,26,28)/t24-/m1/s1. The third-order valence-corrected chi connectivity index (χ3v) is 7.24. The minimum absolute atomic E-state index is 0.0256. The Kier molecular flexibility index (Phi) is 8.18. The third-order valence-electron chi connectivity index (χ3n) is 6.04. The number of nitrogens with zero attached hydrogens (tertiary/aromatic N) is 1. The lowest BCUT2D eigenvalue weighted by Crippen LogP contribution is -2.33. The van der Waals surface area contributed by atoms with Gasteiger partial charge in [0.05, 0.1) is 25.1 Å². The van der Waals surface area contributed by atoms with Gasteiger partial charge < -0.3 is 10.1 Å². The van der Waals surface area contributed by atoms with E-state index in [4.69, 9.17) is 4.74 Å². The van der Waals surface area contributed by atoms with Crippen molar-refractivity contribution < 1.29 is 17.9 Å². The van der Waals surface area contributed by atoms with Crippen molar-refractivity contribution in [2.45, 2.75) is 57.9 Å². The number of anilines is 1. The summed E-state index contributed by atoms with van der Waals surface area (Å²) in [6.45, 7) is 2.31. The Morgan fingerprint density at radius 3 is 2.41 bits per heavy atom. The van der Waals surface area contributed by atoms with Crippen molar-refractivity contribution in [3.8, 4) is 5.75 Å². The minimum atomic E-state index is -3.45. The summed E-state index contributed by atoms with van der Waals surface area (Å²) in [7, 11) is -1.89. The Labute approximate surface area is 192 Å². The highest BCUT2D eigenvalue weighted by Gasteiger charge is 2.19. The number of rotatable bonds is 10. The first-order chi connectivity index (χ1) is 15.3. The molecular formula is C25H34N2O4S. The number of aryl methyl sites for hydroxylation is 2. The van der Waals surface area contributed by atoms with E-state index < -0.39 is 10.0 Å². The second kappa shape index (κ2) is 10.9. The Balaban J connectivity index is 1.58. The van der Waals surface area contributed by atoms with Crippen LogP contribution in [0.3, 0.4) is 0 Å². The molecule has 1 aliphatic rings. The van der Waals surface area contributed by atoms with Crippen LogP contribution in [0.1, 0.15) is 61.8 Å². The molecule has 1 amide bonds. The Hall–Kier alpha value is -2.54. The molecule has 0 bridgehead atoms. The molecule has 6 nitrogen and oxygen atoms in total. The molecular weight excluding hydrogens is 424 g/mol. The van der Waals surface area contributed by atoms with Crippen molar-refractivity contribution in [1.82, 2.24) is 5.32 Å². The maximum atomic E-state index is 12.6. The first-order valence-electron chi connectivity index (χ1n) is 11.3. The average Bonchev–Trinajstić information content (AvgIpc) is 2.79. The van der Waals surface area contributed by atoms with Crippen LogP contribution in [0.4, 0.5) is 5.69 Å². The van der Waals surface area contributed by atoms with Crippen LogP contribution in [-0.2, 0) is 27.7 Å². The summed E-state index contributed by atoms with van der Waals surface area (Å²) >= 11 is 0. The van der Waals surface area contributed by atoms with Gasteiger partial charge >= 0.3 is 0 Å². The van der Waals surface area contributed by atoms with E-state index in [-0.39, 0.29) is 24.9 Å². The van der Waals surface area contributed by atoms with Gasteiger partial charge in [0.15, 0.2) is 0 Å². The highest BCUT2D eigenvalue weighted by molar-refractivity contribution is 7.92. The molecule has 0 spiro atoms. The van der Waals surface area contributed by atoms with Crippen molar-refractivity contribution in [2.75, 3.05) is 24.2 Å². The van der Waals surface area contributed by atoms with Gasteiger partial charge in [-0.25, -0.2) is 8.42 Å². The molecule has 0 heterocycles. The number of methoxy groups -OCH3 is 1. The number of carbonyl (C=O) groups excluding carboxylic acids is 1. The Morgan fingerprint density at radius 2 is 1.78 bits per heavy atom. The third kappa shape index (κ3) is 6.25. The number of carbonyl (C=O) groups is 1. The lowest BCUT2D eigenvalue weighted by atomic mass is 9.89. The second-order valence-electron chi connectivity index (χ2n) is 8.40. The lowest BCUT2D eigenvalue weighted by molar-refractivity contribution is -0.121. The zero-order chi connectivity index (χ0) is 23.1. The minimum Gasteiger partial charge on any atom is -0.497 e. The van der Waals surface area contributed by atoms with Gasteiger partial charge in [0.25, 0.3) is 0 Å². The summed E-state index contributed by atoms with van der Waals surface area (Å²) in [6.07, 6.45) is 7.43. The molecule has 2 aromatic rings. The van der Waals surface area contributed by atoms with E-state index in [1.807, 2.05) is 0 Å². The number of sulfonamides is 1. The number of ether oxygens (including phenoxy) is 1. The number of nitrogens with one attached hydrogen (secondary N) is 1. The maximum Gasteiger partial charge on any atom is 0.232 e. The fourth-order valence-corrected chi connectivity index (χ4v) is 5.24. The topological polar surface area (TPSA) is 75.7 Å². The van der Waals surface area contributed by atoms with E-state index >= 15 is 0 Å². The molecule has 1 aliphatic carbocycles. The van der Waals surface area contributed by atoms with Crippen molar-refractivity contribution in [1.29, 1.82) is 0 Å². The molecule has 0 radical (unpaired) electrons. The van der Waals surface area contributed by atoms with E-state index in [9.17, 15) is 13.2 Å². The van der Waals surface area contributed by atoms with Crippen LogP contribution in [-0.4, -0.2) is 34.2 Å². The Morgan fingerprint density at radius 1 is 1.09 bits per heavy atom. The zero-order valence-corrected chi connectivity index (χ0v) is 20.1. The lowest BCUT2D eigenvalue weighted by Gasteiger charge is -2.23. The van der Waals surface area contributed by atoms with E-state index in [2.05, 4.69) is 30.4 Å². The van der Waals surface area contributed by atoms with Gasteiger partial charge in [-0.2, -0.15) is 0 Å². The van der Waals surface area contributed by atoms with Crippen molar-refractivity contribution in [3.63, 3.8) is 0 Å². The average molecular weight is 459 g/mol. The van der Waals surface area contributed by atoms with Gasteiger partial charge in [-0.3, -0.25) is 9.10 Å². The molecule has 0 aromatic heterocycles. The van der Waals surface area contributed by atoms with Gasteiger partial charge in [0.1, 0.15) is 5.75 Å². The fraction of sp³-hybridized carbons (Fsp3) is 0.480. The van der Waals surface area contributed by atoms with Crippen LogP contribution >= 0.6 is 0 Å². The van der Waals surface area contributed by atoms with Crippen LogP contribution in [0.2, 0.25) is 0 Å². The van der Waals surface area contributed by atoms with Crippen LogP contribution < -0.4 is 14.4 Å². The van der Waals surface area contributed by atoms with Crippen LogP contribution in [0.25, 0.3) is 0 Å². The molecule has 174 valence electrons. The zero-order valence-electron chi connectivity index (χ0n) is 19.3. The largest absolute Gasteiger partial charge is 0.497 e. The molecule has 0 fully saturated rings. The number of benzene rings is 2. The van der Waals surface area contributed by atoms with Gasteiger partial charge in [-0.05, 0) is 79.5 Å². The molecule has 1 atom stereocenters. The predicted octanol–water partition coefficient (Wildman–Crippen LogP) is 4.39. The number of fused-ring (bicyclic) bond motifs is 1. The summed E-state index contributed by atoms with van der Waals surface area (Å²) in [5, 5.41) is 3.13. The highest BCUT2D eigenvalue weighted by atomic mass is 32.2. The summed E-state index contributed by atoms with van der Waals surface area (Å²) in [4.78, 5) is 12.6. The molecule has 1 N–H and O–H groups in total. The monoisotopic (exact) mass is 458 g/mol. The van der Waals surface area contributed by atoms with Gasteiger partial charge in [-0.1, -0.05) is 25.1 Å². The summed E-state index contributed by atoms with van der Waals surface area (Å²) in [5.74, 6) is 0.604. The molecule has 2 aromatic carbocycles. The normalized spacial score (nSPS) is 14.3. The molecule has 0 unspecified atom stereocenters. The number of amides is 1. The summed E-state index contributed by atoms with van der Waals surface area (Å²) in [5.41, 5.74) is 4.55. The SMILES string of the molecule is CC[C@@H](NC(=O)CCCN(c1ccc(OC)cc1)S(C)(=O)=O)c1ccc2c(c1)CCCC2. The number of hydrogen-bond acceptors (Lipinski definition) is 4. The van der Waals surface area contributed by atoms with E-state index in [1.165, 1.54) is 34.5 Å². The fourth-order valence-electron chi connectivity index (χ4n) is 4.28. The smallest absolute Gasteiger partial charge is 0.232 e. The van der Waals surface area contributed by atoms with Crippen LogP contribution in [0, 0.1) is 0 Å². The van der Waals surface area contributed by atoms with Gasteiger partial charge in [0.2, 0.25) is 15.9 Å². The van der Waals surface area contributed by atoms with Gasteiger partial charge in [-0.15, -0.1) is 0 Å². The van der Waals surface area contributed by atoms with Crippen LogP contribution in [0.5, 0.6) is 5.75 Å². The second-order valence-corrected chi connectivity index (χ2v) is 10.3. The van der Waals surface area contributed by atoms with Crippen molar-refractivity contribution in [3.05, 3.63) is 59.2 Å². The van der Waals surface area contributed by atoms with E-state index in [0.717, 1.165) is 24.8 Å². The molecule has 3 rings (SSSR count). The molecule has 7 heteroatoms. The first-order valence-corrected chi connectivity index (χ1v) is 13.2. The highest BCUT2D eigenvalue weighted by Crippen LogP contribution is 2.26. The molecule has 0 saturated carbocycles. The van der Waals surface area contributed by atoms with E-state index in [0.29, 0.717) is 17.9 Å². The van der Waals surface area contributed by atoms with Crippen molar-refractivity contribution >= 4 is 21.6 Å². The first kappa shape index (κ1) is 24.1. The quantitative estimate of drug-likeness (QED) is 0.573. The molecule has 0 saturated heterocycles. The van der Waals surface area contributed by atoms with Gasteiger partial charge in [0, 0.05) is 13.0 Å². The van der Waals surface area contributed by atoms with Crippen molar-refractivity contribution in [2.24, 2.45) is 0 Å². The summed E-state index contributed by atoms with van der Waals surface area (Å²) in [6, 6.07) is 13.4. The number of hydrogen-bond donors (Lipinski definition) is 1. The Bertz CT molecular complexity index is 1020. The molecule has 0 aliphatic heterocycles. The predicted molar refractivity (Wildman–Crippen MR) is 129 cm³/mol.